The topological polar surface area (TPSA) is 33.6 Å². The Morgan fingerprint density at radius 3 is 2.71 bits per heavy atom. The summed E-state index contributed by atoms with van der Waals surface area (Å²) >= 11 is 1.99. The molecule has 0 aromatic rings. The molecule has 1 N–H and O–H groups in total. The summed E-state index contributed by atoms with van der Waals surface area (Å²) in [6, 6.07) is 0.534. The molecule has 0 aromatic heterocycles. The maximum atomic E-state index is 5.86. The number of hydrogen-bond acceptors (Lipinski definition) is 4. The zero-order chi connectivity index (χ0) is 11.2. The van der Waals surface area contributed by atoms with Crippen molar-refractivity contribution in [3.05, 3.63) is 0 Å². The number of rotatable bonds is 3. The van der Waals surface area contributed by atoms with Gasteiger partial charge in [-0.1, -0.05) is 11.8 Å². The molecule has 0 aromatic carbocycles. The number of hydrogen-bond donors (Lipinski definition) is 1. The smallest absolute Gasteiger partial charge is 0.157 e. The van der Waals surface area contributed by atoms with E-state index in [9.17, 15) is 0 Å². The van der Waals surface area contributed by atoms with Crippen LogP contribution in [0.1, 0.15) is 32.1 Å². The van der Waals surface area contributed by atoms with E-state index < -0.39 is 0 Å². The fourth-order valence-corrected chi connectivity index (χ4v) is 4.27. The lowest BCUT2D eigenvalue weighted by molar-refractivity contribution is 0.0844. The first-order chi connectivity index (χ1) is 8.40. The van der Waals surface area contributed by atoms with Crippen molar-refractivity contribution in [2.75, 3.05) is 13.2 Å². The highest BCUT2D eigenvalue weighted by molar-refractivity contribution is 8.14. The SMILES string of the molecule is C1CC(NC2=NCC(C3CC3)S2)C(C2CC2)O1. The van der Waals surface area contributed by atoms with Crippen molar-refractivity contribution in [3.63, 3.8) is 0 Å². The maximum absolute atomic E-state index is 5.86. The molecule has 4 heteroatoms. The van der Waals surface area contributed by atoms with Crippen LogP contribution in [0.3, 0.4) is 0 Å². The summed E-state index contributed by atoms with van der Waals surface area (Å²) in [5.41, 5.74) is 0. The molecule has 94 valence electrons. The highest BCUT2D eigenvalue weighted by atomic mass is 32.2. The van der Waals surface area contributed by atoms with Crippen molar-refractivity contribution in [1.29, 1.82) is 0 Å². The number of nitrogens with zero attached hydrogens (tertiary/aromatic N) is 1. The van der Waals surface area contributed by atoms with Crippen molar-refractivity contribution in [2.45, 2.75) is 49.5 Å². The Bertz CT molecular complexity index is 338. The predicted molar refractivity (Wildman–Crippen MR) is 70.4 cm³/mol. The summed E-state index contributed by atoms with van der Waals surface area (Å²) in [7, 11) is 0. The van der Waals surface area contributed by atoms with Gasteiger partial charge in [-0.2, -0.15) is 0 Å². The van der Waals surface area contributed by atoms with E-state index in [-0.39, 0.29) is 0 Å². The van der Waals surface area contributed by atoms with Crippen LogP contribution in [0.2, 0.25) is 0 Å². The predicted octanol–water partition coefficient (Wildman–Crippen LogP) is 2.02. The normalized spacial score (nSPS) is 41.6. The van der Waals surface area contributed by atoms with Gasteiger partial charge in [-0.15, -0.1) is 0 Å². The van der Waals surface area contributed by atoms with Crippen LogP contribution in [0.15, 0.2) is 4.99 Å². The zero-order valence-electron chi connectivity index (χ0n) is 10.1. The summed E-state index contributed by atoms with van der Waals surface area (Å²) in [5.74, 6) is 1.79. The minimum absolute atomic E-state index is 0.471. The molecule has 4 rings (SSSR count). The molecule has 0 radical (unpaired) electrons. The van der Waals surface area contributed by atoms with Gasteiger partial charge < -0.3 is 10.1 Å². The van der Waals surface area contributed by atoms with E-state index in [4.69, 9.17) is 4.74 Å². The molecular formula is C13H20N2OS. The van der Waals surface area contributed by atoms with Crippen molar-refractivity contribution in [2.24, 2.45) is 16.8 Å². The van der Waals surface area contributed by atoms with Crippen molar-refractivity contribution < 1.29 is 4.74 Å². The fraction of sp³-hybridized carbons (Fsp3) is 0.923. The van der Waals surface area contributed by atoms with Crippen LogP contribution in [-0.4, -0.2) is 35.7 Å². The third kappa shape index (κ3) is 2.22. The molecule has 1 saturated heterocycles. The number of nitrogens with one attached hydrogen (secondary N) is 1. The van der Waals surface area contributed by atoms with E-state index >= 15 is 0 Å². The van der Waals surface area contributed by atoms with E-state index in [1.165, 1.54) is 30.9 Å². The minimum Gasteiger partial charge on any atom is -0.376 e. The van der Waals surface area contributed by atoms with Crippen molar-refractivity contribution >= 4 is 16.9 Å². The minimum atomic E-state index is 0.471. The number of ether oxygens (including phenoxy) is 1. The lowest BCUT2D eigenvalue weighted by atomic mass is 10.1. The molecule has 3 atom stereocenters. The lowest BCUT2D eigenvalue weighted by Crippen LogP contribution is -2.40. The molecule has 3 unspecified atom stereocenters. The molecule has 2 saturated carbocycles. The Labute approximate surface area is 107 Å². The molecule has 4 aliphatic rings. The first kappa shape index (κ1) is 10.7. The lowest BCUT2D eigenvalue weighted by Gasteiger charge is -2.20. The number of amidine groups is 1. The summed E-state index contributed by atoms with van der Waals surface area (Å²) in [6.45, 7) is 1.97. The van der Waals surface area contributed by atoms with Gasteiger partial charge in [-0.25, -0.2) is 0 Å². The van der Waals surface area contributed by atoms with Crippen molar-refractivity contribution in [3.8, 4) is 0 Å². The summed E-state index contributed by atoms with van der Waals surface area (Å²) in [4.78, 5) is 4.67. The molecule has 0 amide bonds. The van der Waals surface area contributed by atoms with Gasteiger partial charge in [-0.3, -0.25) is 4.99 Å². The van der Waals surface area contributed by atoms with Crippen LogP contribution in [0, 0.1) is 11.8 Å². The highest BCUT2D eigenvalue weighted by Crippen LogP contribution is 2.42. The summed E-state index contributed by atoms with van der Waals surface area (Å²) in [5, 5.41) is 5.62. The Morgan fingerprint density at radius 2 is 1.94 bits per heavy atom. The average Bonchev–Trinajstić information content (AvgIpc) is 3.27. The molecular weight excluding hydrogens is 232 g/mol. The van der Waals surface area contributed by atoms with E-state index in [1.807, 2.05) is 11.8 Å². The Kier molecular flexibility index (Phi) is 2.61. The van der Waals surface area contributed by atoms with Crippen molar-refractivity contribution in [1.82, 2.24) is 5.32 Å². The summed E-state index contributed by atoms with van der Waals surface area (Å²) < 4.78 is 5.86. The molecule has 0 spiro atoms. The number of thioether (sulfide) groups is 1. The molecule has 2 aliphatic carbocycles. The Hall–Kier alpha value is -0.220. The van der Waals surface area contributed by atoms with E-state index in [1.54, 1.807) is 0 Å². The van der Waals surface area contributed by atoms with Gasteiger partial charge in [-0.05, 0) is 43.9 Å². The second-order valence-electron chi connectivity index (χ2n) is 5.85. The molecule has 2 aliphatic heterocycles. The van der Waals surface area contributed by atoms with Crippen LogP contribution in [-0.2, 0) is 4.74 Å². The van der Waals surface area contributed by atoms with Gasteiger partial charge in [0.1, 0.15) is 0 Å². The first-order valence-corrected chi connectivity index (χ1v) is 7.87. The van der Waals surface area contributed by atoms with E-state index in [0.29, 0.717) is 12.1 Å². The average molecular weight is 252 g/mol. The summed E-state index contributed by atoms with van der Waals surface area (Å²) in [6.07, 6.45) is 7.23. The Balaban J connectivity index is 1.34. The first-order valence-electron chi connectivity index (χ1n) is 6.99. The van der Waals surface area contributed by atoms with Gasteiger partial charge >= 0.3 is 0 Å². The van der Waals surface area contributed by atoms with Gasteiger partial charge in [0.05, 0.1) is 18.7 Å². The third-order valence-electron chi connectivity index (χ3n) is 4.36. The third-order valence-corrected chi connectivity index (χ3v) is 5.66. The van der Waals surface area contributed by atoms with Crippen LogP contribution >= 0.6 is 11.8 Å². The quantitative estimate of drug-likeness (QED) is 0.834. The van der Waals surface area contributed by atoms with Gasteiger partial charge in [0, 0.05) is 11.9 Å². The highest BCUT2D eigenvalue weighted by Gasteiger charge is 2.42. The molecule has 3 nitrogen and oxygen atoms in total. The maximum Gasteiger partial charge on any atom is 0.157 e. The van der Waals surface area contributed by atoms with Gasteiger partial charge in [0.25, 0.3) is 0 Å². The Morgan fingerprint density at radius 1 is 1.12 bits per heavy atom. The second kappa shape index (κ2) is 4.16. The molecule has 0 bridgehead atoms. The van der Waals surface area contributed by atoms with Gasteiger partial charge in [0.2, 0.25) is 0 Å². The molecule has 17 heavy (non-hydrogen) atoms. The van der Waals surface area contributed by atoms with Crippen LogP contribution < -0.4 is 5.32 Å². The molecule has 3 fully saturated rings. The number of aliphatic imine (C=N–C) groups is 1. The largest absolute Gasteiger partial charge is 0.376 e. The van der Waals surface area contributed by atoms with Crippen LogP contribution in [0.4, 0.5) is 0 Å². The van der Waals surface area contributed by atoms with Crippen LogP contribution in [0.25, 0.3) is 0 Å². The van der Waals surface area contributed by atoms with E-state index in [2.05, 4.69) is 10.3 Å². The molecule has 2 heterocycles. The second-order valence-corrected chi connectivity index (χ2v) is 7.08. The standard InChI is InChI=1S/C13H20N2OS/c1-2-8(1)11-7-14-13(17-11)15-10-5-6-16-12(10)9-3-4-9/h8-12H,1-7H2,(H,14,15). The fourth-order valence-electron chi connectivity index (χ4n) is 3.00. The van der Waals surface area contributed by atoms with E-state index in [0.717, 1.165) is 36.7 Å². The zero-order valence-corrected chi connectivity index (χ0v) is 10.9. The van der Waals surface area contributed by atoms with Crippen LogP contribution in [0.5, 0.6) is 0 Å². The van der Waals surface area contributed by atoms with Gasteiger partial charge in [0.15, 0.2) is 5.17 Å². The monoisotopic (exact) mass is 252 g/mol.